The van der Waals surface area contributed by atoms with Crippen molar-refractivity contribution in [3.05, 3.63) is 41.3 Å². The maximum Gasteiger partial charge on any atom is 0.251 e. The van der Waals surface area contributed by atoms with E-state index in [1.165, 1.54) is 0 Å². The van der Waals surface area contributed by atoms with Crippen LogP contribution in [-0.4, -0.2) is 21.1 Å². The molecule has 0 aromatic carbocycles. The van der Waals surface area contributed by atoms with Crippen molar-refractivity contribution in [2.45, 2.75) is 26.3 Å². The van der Waals surface area contributed by atoms with E-state index in [0.717, 1.165) is 24.1 Å². The van der Waals surface area contributed by atoms with Crippen molar-refractivity contribution < 1.29 is 4.79 Å². The summed E-state index contributed by atoms with van der Waals surface area (Å²) in [6, 6.07) is 3.42. The van der Waals surface area contributed by atoms with Gasteiger partial charge in [-0.2, -0.15) is 5.10 Å². The molecule has 0 aliphatic heterocycles. The number of pyridine rings is 1. The average molecular weight is 274 g/mol. The minimum absolute atomic E-state index is 0.164. The molecule has 0 saturated carbocycles. The summed E-state index contributed by atoms with van der Waals surface area (Å²) in [7, 11) is 0. The Bertz CT molecular complexity index is 566. The van der Waals surface area contributed by atoms with E-state index in [0.29, 0.717) is 17.9 Å². The Hall–Kier alpha value is -2.41. The maximum atomic E-state index is 12.1. The van der Waals surface area contributed by atoms with Crippen LogP contribution >= 0.6 is 0 Å². The third-order valence-electron chi connectivity index (χ3n) is 2.80. The van der Waals surface area contributed by atoms with E-state index in [2.05, 4.69) is 32.8 Å². The molecule has 0 aliphatic carbocycles. The lowest BCUT2D eigenvalue weighted by Gasteiger charge is -2.08. The topological polar surface area (TPSA) is 109 Å². The van der Waals surface area contributed by atoms with Crippen LogP contribution in [0.15, 0.2) is 24.5 Å². The first-order valence-corrected chi connectivity index (χ1v) is 6.46. The van der Waals surface area contributed by atoms with E-state index in [4.69, 9.17) is 5.84 Å². The van der Waals surface area contributed by atoms with Crippen molar-refractivity contribution in [2.24, 2.45) is 5.84 Å². The summed E-state index contributed by atoms with van der Waals surface area (Å²) < 4.78 is 0. The van der Waals surface area contributed by atoms with Crippen molar-refractivity contribution in [1.29, 1.82) is 0 Å². The van der Waals surface area contributed by atoms with Gasteiger partial charge in [0.25, 0.3) is 5.91 Å². The van der Waals surface area contributed by atoms with E-state index in [9.17, 15) is 4.79 Å². The minimum atomic E-state index is -0.164. The maximum absolute atomic E-state index is 12.1. The number of nitrogen functional groups attached to an aromatic ring is 1. The number of hydrazine groups is 1. The van der Waals surface area contributed by atoms with Crippen LogP contribution in [0.2, 0.25) is 0 Å². The Balaban J connectivity index is 2.09. The highest BCUT2D eigenvalue weighted by molar-refractivity contribution is 5.94. The van der Waals surface area contributed by atoms with Crippen LogP contribution in [0.4, 0.5) is 5.82 Å². The number of carbonyl (C=O) groups excluding carboxylic acids is 1. The number of carbonyl (C=O) groups is 1. The van der Waals surface area contributed by atoms with Crippen LogP contribution in [0.25, 0.3) is 0 Å². The Morgan fingerprint density at radius 3 is 2.95 bits per heavy atom. The normalized spacial score (nSPS) is 10.3. The number of anilines is 1. The molecule has 0 spiro atoms. The molecule has 0 fully saturated rings. The van der Waals surface area contributed by atoms with Crippen molar-refractivity contribution in [1.82, 2.24) is 20.5 Å². The molecule has 0 radical (unpaired) electrons. The molecule has 1 amide bonds. The van der Waals surface area contributed by atoms with Crippen LogP contribution in [0.3, 0.4) is 0 Å². The van der Waals surface area contributed by atoms with E-state index in [1.807, 2.05) is 0 Å². The fourth-order valence-corrected chi connectivity index (χ4v) is 1.84. The molecule has 0 saturated heterocycles. The minimum Gasteiger partial charge on any atom is -0.348 e. The van der Waals surface area contributed by atoms with Crippen LogP contribution in [0.5, 0.6) is 0 Å². The molecule has 2 aromatic heterocycles. The van der Waals surface area contributed by atoms with E-state index >= 15 is 0 Å². The molecule has 0 atom stereocenters. The molecule has 2 aromatic rings. The van der Waals surface area contributed by atoms with Gasteiger partial charge in [-0.05, 0) is 18.6 Å². The SMILES string of the molecule is CCCc1cc(C(=O)NCc2cn[nH]c2)cc(NN)n1. The van der Waals surface area contributed by atoms with E-state index in [1.54, 1.807) is 24.5 Å². The third kappa shape index (κ3) is 3.55. The zero-order valence-electron chi connectivity index (χ0n) is 11.3. The highest BCUT2D eigenvalue weighted by atomic mass is 16.1. The number of amides is 1. The van der Waals surface area contributed by atoms with Gasteiger partial charge >= 0.3 is 0 Å². The highest BCUT2D eigenvalue weighted by Gasteiger charge is 2.09. The van der Waals surface area contributed by atoms with Gasteiger partial charge in [-0.25, -0.2) is 10.8 Å². The zero-order chi connectivity index (χ0) is 14.4. The summed E-state index contributed by atoms with van der Waals surface area (Å²) in [4.78, 5) is 16.4. The number of hydrogen-bond acceptors (Lipinski definition) is 5. The molecule has 0 aliphatic rings. The number of rotatable bonds is 6. The largest absolute Gasteiger partial charge is 0.348 e. The summed E-state index contributed by atoms with van der Waals surface area (Å²) in [5.41, 5.74) is 4.79. The zero-order valence-corrected chi connectivity index (χ0v) is 11.3. The molecule has 106 valence electrons. The number of aromatic amines is 1. The first-order chi connectivity index (χ1) is 9.72. The van der Waals surface area contributed by atoms with Gasteiger partial charge in [0, 0.05) is 29.6 Å². The summed E-state index contributed by atoms with van der Waals surface area (Å²) in [6.07, 6.45) is 5.17. The van der Waals surface area contributed by atoms with Crippen molar-refractivity contribution in [3.8, 4) is 0 Å². The number of nitrogens with zero attached hydrogens (tertiary/aromatic N) is 2. The van der Waals surface area contributed by atoms with Gasteiger partial charge in [0.2, 0.25) is 0 Å². The number of aryl methyl sites for hydroxylation is 1. The molecule has 5 N–H and O–H groups in total. The van der Waals surface area contributed by atoms with Crippen LogP contribution in [0, 0.1) is 0 Å². The van der Waals surface area contributed by atoms with E-state index in [-0.39, 0.29) is 5.91 Å². The quantitative estimate of drug-likeness (QED) is 0.463. The third-order valence-corrected chi connectivity index (χ3v) is 2.80. The lowest BCUT2D eigenvalue weighted by Crippen LogP contribution is -2.23. The van der Waals surface area contributed by atoms with Gasteiger partial charge in [-0.3, -0.25) is 9.89 Å². The Morgan fingerprint density at radius 1 is 1.45 bits per heavy atom. The van der Waals surface area contributed by atoms with Crippen molar-refractivity contribution in [2.75, 3.05) is 5.43 Å². The average Bonchev–Trinajstić information content (AvgIpc) is 2.98. The van der Waals surface area contributed by atoms with Crippen LogP contribution in [-0.2, 0) is 13.0 Å². The second-order valence-corrected chi connectivity index (χ2v) is 4.42. The number of H-pyrrole nitrogens is 1. The molecular weight excluding hydrogens is 256 g/mol. The van der Waals surface area contributed by atoms with Gasteiger partial charge in [0.15, 0.2) is 0 Å². The van der Waals surface area contributed by atoms with Crippen molar-refractivity contribution >= 4 is 11.7 Å². The monoisotopic (exact) mass is 274 g/mol. The van der Waals surface area contributed by atoms with Gasteiger partial charge in [-0.15, -0.1) is 0 Å². The fraction of sp³-hybridized carbons (Fsp3) is 0.308. The number of nitrogens with two attached hydrogens (primary N) is 1. The molecule has 2 heterocycles. The van der Waals surface area contributed by atoms with Gasteiger partial charge in [-0.1, -0.05) is 13.3 Å². The molecular formula is C13H18N6O. The summed E-state index contributed by atoms with van der Waals surface area (Å²) in [5, 5.41) is 9.35. The predicted molar refractivity (Wildman–Crippen MR) is 75.8 cm³/mol. The van der Waals surface area contributed by atoms with Crippen molar-refractivity contribution in [3.63, 3.8) is 0 Å². The second kappa shape index (κ2) is 6.67. The van der Waals surface area contributed by atoms with Gasteiger partial charge in [0.05, 0.1) is 6.20 Å². The summed E-state index contributed by atoms with van der Waals surface area (Å²) in [5.74, 6) is 5.70. The summed E-state index contributed by atoms with van der Waals surface area (Å²) >= 11 is 0. The molecule has 2 rings (SSSR count). The molecule has 0 unspecified atom stereocenters. The van der Waals surface area contributed by atoms with Crippen LogP contribution < -0.4 is 16.6 Å². The second-order valence-electron chi connectivity index (χ2n) is 4.42. The first kappa shape index (κ1) is 14.0. The molecule has 0 bridgehead atoms. The lowest BCUT2D eigenvalue weighted by atomic mass is 10.1. The highest BCUT2D eigenvalue weighted by Crippen LogP contribution is 2.11. The fourth-order valence-electron chi connectivity index (χ4n) is 1.84. The Labute approximate surface area is 117 Å². The van der Waals surface area contributed by atoms with Gasteiger partial charge in [0.1, 0.15) is 5.82 Å². The smallest absolute Gasteiger partial charge is 0.251 e. The van der Waals surface area contributed by atoms with Gasteiger partial charge < -0.3 is 10.7 Å². The Kier molecular flexibility index (Phi) is 4.67. The molecule has 7 nitrogen and oxygen atoms in total. The lowest BCUT2D eigenvalue weighted by molar-refractivity contribution is 0.0950. The predicted octanol–water partition coefficient (Wildman–Crippen LogP) is 0.973. The van der Waals surface area contributed by atoms with E-state index < -0.39 is 0 Å². The molecule has 20 heavy (non-hydrogen) atoms. The summed E-state index contributed by atoms with van der Waals surface area (Å²) in [6.45, 7) is 2.48. The molecule has 7 heteroatoms. The van der Waals surface area contributed by atoms with Crippen LogP contribution in [0.1, 0.15) is 35.0 Å². The number of hydrogen-bond donors (Lipinski definition) is 4. The standard InChI is InChI=1S/C13H18N6O/c1-2-3-11-4-10(5-12(18-11)19-14)13(20)15-6-9-7-16-17-8-9/h4-5,7-8H,2-3,6,14H2,1H3,(H,15,20)(H,16,17)(H,18,19). The Morgan fingerprint density at radius 2 is 2.30 bits per heavy atom. The first-order valence-electron chi connectivity index (χ1n) is 6.46. The number of nitrogens with one attached hydrogen (secondary N) is 3. The number of aromatic nitrogens is 3.